The number of alkyl halides is 3. The molecule has 0 heterocycles. The first kappa shape index (κ1) is 27.9. The van der Waals surface area contributed by atoms with Crippen molar-refractivity contribution in [3.8, 4) is 0 Å². The smallest absolute Gasteiger partial charge is 0.349 e. The van der Waals surface area contributed by atoms with E-state index in [-0.39, 0.29) is 17.9 Å². The van der Waals surface area contributed by atoms with Crippen LogP contribution in [0.4, 0.5) is 27.6 Å². The van der Waals surface area contributed by atoms with Gasteiger partial charge >= 0.3 is 6.18 Å². The molecule has 2 N–H and O–H groups in total. The van der Waals surface area contributed by atoms with E-state index < -0.39 is 56.2 Å². The van der Waals surface area contributed by atoms with Crippen molar-refractivity contribution in [3.63, 3.8) is 0 Å². The normalized spacial score (nSPS) is 21.1. The van der Waals surface area contributed by atoms with E-state index in [4.69, 9.17) is 0 Å². The Kier molecular flexibility index (Phi) is 6.98. The summed E-state index contributed by atoms with van der Waals surface area (Å²) < 4.78 is 94.9. The van der Waals surface area contributed by atoms with Gasteiger partial charge in [-0.15, -0.1) is 0 Å². The maximum atomic E-state index is 14.7. The number of aryl methyl sites for hydroxylation is 1. The van der Waals surface area contributed by atoms with Crippen LogP contribution in [-0.2, 0) is 25.6 Å². The number of carbonyl (C=O) groups excluding carboxylic acids is 1. The molecule has 0 aromatic heterocycles. The molecule has 2 aromatic carbocycles. The second-order valence-electron chi connectivity index (χ2n) is 10.3. The lowest BCUT2D eigenvalue weighted by molar-refractivity contribution is -0.181. The number of hydrogen-bond acceptors (Lipinski definition) is 3. The van der Waals surface area contributed by atoms with Crippen LogP contribution in [0.1, 0.15) is 62.4 Å². The summed E-state index contributed by atoms with van der Waals surface area (Å²) in [6.45, 7) is 6.53. The maximum Gasteiger partial charge on any atom is 0.398 e. The first-order valence-corrected chi connectivity index (χ1v) is 13.1. The van der Waals surface area contributed by atoms with Gasteiger partial charge in [0.2, 0.25) is 15.9 Å². The molecular formula is C25H29F5N2O3S. The SMILES string of the molecule is Cc1cc([C@@H](C)NC(=O)C2CC2(C)c2cc(F)c(C(C)(C)C(F)(F)F)c(F)c2)ccc1NS(C)(=O)=O. The number of amides is 1. The topological polar surface area (TPSA) is 75.3 Å². The van der Waals surface area contributed by atoms with Crippen LogP contribution in [0.25, 0.3) is 0 Å². The molecule has 1 fully saturated rings. The highest BCUT2D eigenvalue weighted by molar-refractivity contribution is 7.92. The van der Waals surface area contributed by atoms with Crippen LogP contribution in [0, 0.1) is 24.5 Å². The van der Waals surface area contributed by atoms with Crippen molar-refractivity contribution < 1.29 is 35.2 Å². The Bertz CT molecular complexity index is 1280. The van der Waals surface area contributed by atoms with E-state index in [1.807, 2.05) is 0 Å². The van der Waals surface area contributed by atoms with Gasteiger partial charge in [-0.2, -0.15) is 13.2 Å². The molecule has 5 nitrogen and oxygen atoms in total. The van der Waals surface area contributed by atoms with Gasteiger partial charge in [-0.1, -0.05) is 19.1 Å². The number of benzene rings is 2. The minimum absolute atomic E-state index is 0.124. The molecule has 2 aromatic rings. The lowest BCUT2D eigenvalue weighted by Gasteiger charge is -2.29. The van der Waals surface area contributed by atoms with E-state index >= 15 is 0 Å². The van der Waals surface area contributed by atoms with Gasteiger partial charge < -0.3 is 5.32 Å². The van der Waals surface area contributed by atoms with Crippen molar-refractivity contribution in [3.05, 3.63) is 64.2 Å². The predicted molar refractivity (Wildman–Crippen MR) is 127 cm³/mol. The number of hydrogen-bond donors (Lipinski definition) is 2. The summed E-state index contributed by atoms with van der Waals surface area (Å²) in [6, 6.07) is 6.32. The fourth-order valence-electron chi connectivity index (χ4n) is 4.38. The quantitative estimate of drug-likeness (QED) is 0.454. The average Bonchev–Trinajstić information content (AvgIpc) is 3.40. The second kappa shape index (κ2) is 9.00. The largest absolute Gasteiger partial charge is 0.398 e. The zero-order chi connectivity index (χ0) is 27.4. The Morgan fingerprint density at radius 1 is 1.11 bits per heavy atom. The minimum Gasteiger partial charge on any atom is -0.349 e. The molecule has 3 atom stereocenters. The monoisotopic (exact) mass is 532 g/mol. The van der Waals surface area contributed by atoms with Gasteiger partial charge in [0.15, 0.2) is 0 Å². The Morgan fingerprint density at radius 2 is 1.67 bits per heavy atom. The number of sulfonamides is 1. The molecule has 0 aliphatic heterocycles. The van der Waals surface area contributed by atoms with E-state index in [9.17, 15) is 35.2 Å². The van der Waals surface area contributed by atoms with Crippen molar-refractivity contribution in [2.75, 3.05) is 11.0 Å². The van der Waals surface area contributed by atoms with Crippen molar-refractivity contribution in [1.29, 1.82) is 0 Å². The summed E-state index contributed by atoms with van der Waals surface area (Å²) in [5.74, 6) is -3.58. The number of nitrogens with one attached hydrogen (secondary N) is 2. The summed E-state index contributed by atoms with van der Waals surface area (Å²) >= 11 is 0. The van der Waals surface area contributed by atoms with Crippen LogP contribution in [0.5, 0.6) is 0 Å². The molecule has 0 spiro atoms. The molecule has 1 saturated carbocycles. The summed E-state index contributed by atoms with van der Waals surface area (Å²) in [7, 11) is -3.45. The zero-order valence-electron chi connectivity index (χ0n) is 20.8. The lowest BCUT2D eigenvalue weighted by atomic mass is 9.81. The van der Waals surface area contributed by atoms with Gasteiger partial charge in [-0.25, -0.2) is 17.2 Å². The van der Waals surface area contributed by atoms with Crippen LogP contribution in [0.2, 0.25) is 0 Å². The minimum atomic E-state index is -4.85. The predicted octanol–water partition coefficient (Wildman–Crippen LogP) is 5.64. The highest BCUT2D eigenvalue weighted by Crippen LogP contribution is 2.55. The fourth-order valence-corrected chi connectivity index (χ4v) is 5.00. The van der Waals surface area contributed by atoms with Crippen molar-refractivity contribution in [2.24, 2.45) is 5.92 Å². The van der Waals surface area contributed by atoms with E-state index in [1.54, 1.807) is 39.0 Å². The van der Waals surface area contributed by atoms with Crippen LogP contribution >= 0.6 is 0 Å². The van der Waals surface area contributed by atoms with E-state index in [2.05, 4.69) is 10.0 Å². The van der Waals surface area contributed by atoms with Crippen molar-refractivity contribution in [2.45, 2.75) is 64.1 Å². The molecule has 198 valence electrons. The Morgan fingerprint density at radius 3 is 2.14 bits per heavy atom. The van der Waals surface area contributed by atoms with Crippen LogP contribution < -0.4 is 10.0 Å². The van der Waals surface area contributed by atoms with Crippen LogP contribution in [0.3, 0.4) is 0 Å². The van der Waals surface area contributed by atoms with Crippen LogP contribution in [-0.4, -0.2) is 26.8 Å². The average molecular weight is 533 g/mol. The second-order valence-corrected chi connectivity index (χ2v) is 12.0. The maximum absolute atomic E-state index is 14.7. The first-order chi connectivity index (χ1) is 16.3. The van der Waals surface area contributed by atoms with Gasteiger partial charge in [-0.3, -0.25) is 9.52 Å². The third-order valence-electron chi connectivity index (χ3n) is 6.99. The number of anilines is 1. The van der Waals surface area contributed by atoms with Gasteiger partial charge in [0, 0.05) is 16.9 Å². The van der Waals surface area contributed by atoms with Gasteiger partial charge in [0.05, 0.1) is 23.4 Å². The highest BCUT2D eigenvalue weighted by Gasteiger charge is 2.57. The van der Waals surface area contributed by atoms with Crippen molar-refractivity contribution in [1.82, 2.24) is 5.32 Å². The zero-order valence-corrected chi connectivity index (χ0v) is 21.6. The Balaban J connectivity index is 1.76. The molecule has 0 saturated heterocycles. The number of rotatable bonds is 7. The standard InChI is InChI=1S/C25H29F5N2O3S/c1-13-9-15(7-8-20(13)32-36(6,34)35)14(2)31-22(33)17-12-24(17,5)16-10-18(26)21(19(27)11-16)23(3,4)25(28,29)30/h7-11,14,17,32H,12H2,1-6H3,(H,31,33)/t14-,17?,24?/m1/s1. The van der Waals surface area contributed by atoms with Gasteiger partial charge in [0.1, 0.15) is 11.6 Å². The summed E-state index contributed by atoms with van der Waals surface area (Å²) in [4.78, 5) is 12.9. The first-order valence-electron chi connectivity index (χ1n) is 11.2. The molecule has 0 radical (unpaired) electrons. The molecule has 1 aliphatic rings. The van der Waals surface area contributed by atoms with E-state index in [1.165, 1.54) is 0 Å². The molecule has 11 heteroatoms. The summed E-state index contributed by atoms with van der Waals surface area (Å²) in [6.07, 6.45) is -3.53. The molecular weight excluding hydrogens is 503 g/mol. The number of carbonyl (C=O) groups is 1. The molecule has 2 unspecified atom stereocenters. The van der Waals surface area contributed by atoms with Gasteiger partial charge in [0.25, 0.3) is 0 Å². The Labute approximate surface area is 207 Å². The molecule has 1 aliphatic carbocycles. The summed E-state index contributed by atoms with van der Waals surface area (Å²) in [5, 5.41) is 2.85. The van der Waals surface area contributed by atoms with Crippen molar-refractivity contribution >= 4 is 21.6 Å². The molecule has 0 bridgehead atoms. The van der Waals surface area contributed by atoms with E-state index in [0.29, 0.717) is 11.3 Å². The fraction of sp³-hybridized carbons (Fsp3) is 0.480. The van der Waals surface area contributed by atoms with Crippen LogP contribution in [0.15, 0.2) is 30.3 Å². The molecule has 1 amide bonds. The molecule has 3 rings (SSSR count). The molecule has 36 heavy (non-hydrogen) atoms. The Hall–Kier alpha value is -2.69. The summed E-state index contributed by atoms with van der Waals surface area (Å²) in [5.41, 5.74) is -2.79. The third kappa shape index (κ3) is 5.35. The lowest BCUT2D eigenvalue weighted by Crippen LogP contribution is -2.38. The highest BCUT2D eigenvalue weighted by atomic mass is 32.2. The number of halogens is 5. The third-order valence-corrected chi connectivity index (χ3v) is 7.58. The van der Waals surface area contributed by atoms with Gasteiger partial charge in [-0.05, 0) is 69.0 Å². The van der Waals surface area contributed by atoms with E-state index in [0.717, 1.165) is 37.8 Å².